The van der Waals surface area contributed by atoms with Crippen molar-refractivity contribution in [3.8, 4) is 0 Å². The number of aliphatic carboxylic acids is 1. The van der Waals surface area contributed by atoms with Gasteiger partial charge in [0.1, 0.15) is 0 Å². The maximum atomic E-state index is 11.2. The van der Waals surface area contributed by atoms with E-state index in [0.717, 1.165) is 6.08 Å². The van der Waals surface area contributed by atoms with Gasteiger partial charge in [-0.1, -0.05) is 6.08 Å². The summed E-state index contributed by atoms with van der Waals surface area (Å²) in [6.45, 7) is 0.959. The van der Waals surface area contributed by atoms with Gasteiger partial charge < -0.3 is 5.11 Å². The van der Waals surface area contributed by atoms with Crippen molar-refractivity contribution in [1.82, 2.24) is 4.31 Å². The van der Waals surface area contributed by atoms with E-state index in [0.29, 0.717) is 25.9 Å². The number of hydrogen-bond donors (Lipinski definition) is 1. The van der Waals surface area contributed by atoms with Crippen LogP contribution >= 0.6 is 0 Å². The predicted molar refractivity (Wildman–Crippen MR) is 55.9 cm³/mol. The third-order valence-corrected chi connectivity index (χ3v) is 3.78. The average Bonchev–Trinajstić information content (AvgIpc) is 2.14. The zero-order valence-corrected chi connectivity index (χ0v) is 9.40. The molecule has 0 radical (unpaired) electrons. The zero-order valence-electron chi connectivity index (χ0n) is 8.59. The van der Waals surface area contributed by atoms with E-state index < -0.39 is 16.0 Å². The van der Waals surface area contributed by atoms with Crippen molar-refractivity contribution in [3.05, 3.63) is 12.2 Å². The van der Waals surface area contributed by atoms with Gasteiger partial charge in [0.25, 0.3) is 0 Å². The molecule has 0 saturated carbocycles. The molecule has 0 spiro atoms. The summed E-state index contributed by atoms with van der Waals surface area (Å²) >= 11 is 0. The van der Waals surface area contributed by atoms with Gasteiger partial charge in [0.2, 0.25) is 10.0 Å². The van der Waals surface area contributed by atoms with Crippen LogP contribution in [0.3, 0.4) is 0 Å². The number of carbonyl (C=O) groups is 1. The second-order valence-corrected chi connectivity index (χ2v) is 5.68. The normalized spacial score (nSPS) is 20.9. The molecular formula is C9H15NO4S. The molecule has 0 aromatic rings. The zero-order chi connectivity index (χ0) is 11.5. The molecule has 6 heteroatoms. The van der Waals surface area contributed by atoms with Crippen molar-refractivity contribution in [3.63, 3.8) is 0 Å². The Hall–Kier alpha value is -0.880. The number of allylic oxidation sites excluding steroid dienone is 1. The fraction of sp³-hybridized carbons (Fsp3) is 0.667. The summed E-state index contributed by atoms with van der Waals surface area (Å²) in [7, 11) is -3.09. The van der Waals surface area contributed by atoms with Crippen LogP contribution in [0.15, 0.2) is 12.2 Å². The van der Waals surface area contributed by atoms with Gasteiger partial charge in [0, 0.05) is 19.2 Å². The van der Waals surface area contributed by atoms with Gasteiger partial charge in [-0.25, -0.2) is 17.5 Å². The van der Waals surface area contributed by atoms with Gasteiger partial charge in [0.05, 0.1) is 6.26 Å². The third kappa shape index (κ3) is 4.01. The molecule has 0 amide bonds. The number of hydrogen-bond acceptors (Lipinski definition) is 3. The average molecular weight is 233 g/mol. The fourth-order valence-electron chi connectivity index (χ4n) is 1.62. The molecule has 0 bridgehead atoms. The van der Waals surface area contributed by atoms with Gasteiger partial charge in [-0.05, 0) is 18.8 Å². The molecule has 0 aliphatic carbocycles. The number of sulfonamides is 1. The van der Waals surface area contributed by atoms with Crippen molar-refractivity contribution in [2.75, 3.05) is 19.3 Å². The molecule has 1 aliphatic heterocycles. The molecule has 86 valence electrons. The fourth-order valence-corrected chi connectivity index (χ4v) is 2.49. The highest BCUT2D eigenvalue weighted by atomic mass is 32.2. The van der Waals surface area contributed by atoms with E-state index >= 15 is 0 Å². The minimum Gasteiger partial charge on any atom is -0.478 e. The first-order valence-corrected chi connectivity index (χ1v) is 6.60. The molecule has 0 aromatic heterocycles. The van der Waals surface area contributed by atoms with Crippen LogP contribution in [0.4, 0.5) is 0 Å². The van der Waals surface area contributed by atoms with Crippen molar-refractivity contribution in [2.45, 2.75) is 12.8 Å². The predicted octanol–water partition coefficient (Wildman–Crippen LogP) is 0.299. The van der Waals surface area contributed by atoms with E-state index in [1.54, 1.807) is 6.08 Å². The highest BCUT2D eigenvalue weighted by Gasteiger charge is 2.23. The van der Waals surface area contributed by atoms with Crippen molar-refractivity contribution < 1.29 is 18.3 Å². The SMILES string of the molecule is CS(=O)(=O)N1CCC(C=CC(=O)O)CC1. The first-order chi connectivity index (χ1) is 6.89. The summed E-state index contributed by atoms with van der Waals surface area (Å²) in [6.07, 6.45) is 5.34. The lowest BCUT2D eigenvalue weighted by Gasteiger charge is -2.28. The maximum absolute atomic E-state index is 11.2. The smallest absolute Gasteiger partial charge is 0.327 e. The molecule has 1 rings (SSSR count). The molecule has 0 unspecified atom stereocenters. The Bertz CT molecular complexity index is 352. The highest BCUT2D eigenvalue weighted by Crippen LogP contribution is 2.19. The third-order valence-electron chi connectivity index (χ3n) is 2.48. The molecular weight excluding hydrogens is 218 g/mol. The summed E-state index contributed by atoms with van der Waals surface area (Å²) < 4.78 is 23.8. The summed E-state index contributed by atoms with van der Waals surface area (Å²) in [5.41, 5.74) is 0. The van der Waals surface area contributed by atoms with Crippen LogP contribution in [0.2, 0.25) is 0 Å². The molecule has 1 fully saturated rings. The minimum absolute atomic E-state index is 0.180. The van der Waals surface area contributed by atoms with Crippen molar-refractivity contribution >= 4 is 16.0 Å². The lowest BCUT2D eigenvalue weighted by atomic mass is 9.98. The maximum Gasteiger partial charge on any atom is 0.327 e. The molecule has 0 atom stereocenters. The monoisotopic (exact) mass is 233 g/mol. The molecule has 15 heavy (non-hydrogen) atoms. The molecule has 1 heterocycles. The van der Waals surface area contributed by atoms with Crippen LogP contribution in [-0.2, 0) is 14.8 Å². The van der Waals surface area contributed by atoms with E-state index in [9.17, 15) is 13.2 Å². The van der Waals surface area contributed by atoms with E-state index in [-0.39, 0.29) is 5.92 Å². The number of nitrogens with zero attached hydrogens (tertiary/aromatic N) is 1. The van der Waals surface area contributed by atoms with Crippen LogP contribution < -0.4 is 0 Å². The first-order valence-electron chi connectivity index (χ1n) is 4.76. The van der Waals surface area contributed by atoms with E-state index in [1.807, 2.05) is 0 Å². The Balaban J connectivity index is 2.46. The summed E-state index contributed by atoms with van der Waals surface area (Å²) in [5, 5.41) is 8.43. The van der Waals surface area contributed by atoms with Crippen LogP contribution in [0, 0.1) is 5.92 Å². The van der Waals surface area contributed by atoms with E-state index in [1.165, 1.54) is 10.6 Å². The Labute approximate surface area is 89.4 Å². The Morgan fingerprint density at radius 1 is 1.40 bits per heavy atom. The van der Waals surface area contributed by atoms with Crippen LogP contribution in [-0.4, -0.2) is 43.1 Å². The van der Waals surface area contributed by atoms with E-state index in [4.69, 9.17) is 5.11 Å². The quantitative estimate of drug-likeness (QED) is 0.711. The number of rotatable bonds is 3. The van der Waals surface area contributed by atoms with Crippen LogP contribution in [0.5, 0.6) is 0 Å². The number of carboxylic acid groups (broad SMARTS) is 1. The summed E-state index contributed by atoms with van der Waals surface area (Å²) in [5.74, 6) is -0.778. The van der Waals surface area contributed by atoms with Gasteiger partial charge in [-0.15, -0.1) is 0 Å². The minimum atomic E-state index is -3.09. The van der Waals surface area contributed by atoms with Gasteiger partial charge >= 0.3 is 5.97 Å². The second kappa shape index (κ2) is 4.76. The van der Waals surface area contributed by atoms with E-state index in [2.05, 4.69) is 0 Å². The molecule has 5 nitrogen and oxygen atoms in total. The van der Waals surface area contributed by atoms with Gasteiger partial charge in [0.15, 0.2) is 0 Å². The van der Waals surface area contributed by atoms with Crippen LogP contribution in [0.1, 0.15) is 12.8 Å². The lowest BCUT2D eigenvalue weighted by molar-refractivity contribution is -0.131. The van der Waals surface area contributed by atoms with Crippen molar-refractivity contribution in [2.24, 2.45) is 5.92 Å². The standard InChI is InChI=1S/C9H15NO4S/c1-15(13,14)10-6-4-8(5-7-10)2-3-9(11)12/h2-3,8H,4-7H2,1H3,(H,11,12). The largest absolute Gasteiger partial charge is 0.478 e. The van der Waals surface area contributed by atoms with Gasteiger partial charge in [-0.2, -0.15) is 0 Å². The lowest BCUT2D eigenvalue weighted by Crippen LogP contribution is -2.37. The number of carboxylic acids is 1. The summed E-state index contributed by atoms with van der Waals surface area (Å²) in [6, 6.07) is 0. The first kappa shape index (κ1) is 12.2. The molecule has 1 aliphatic rings. The molecule has 1 saturated heterocycles. The summed E-state index contributed by atoms with van der Waals surface area (Å²) in [4.78, 5) is 10.3. The Morgan fingerprint density at radius 2 is 1.93 bits per heavy atom. The van der Waals surface area contributed by atoms with Crippen molar-refractivity contribution in [1.29, 1.82) is 0 Å². The topological polar surface area (TPSA) is 74.7 Å². The van der Waals surface area contributed by atoms with Crippen LogP contribution in [0.25, 0.3) is 0 Å². The molecule has 0 aromatic carbocycles. The Kier molecular flexibility index (Phi) is 3.87. The highest BCUT2D eigenvalue weighted by molar-refractivity contribution is 7.88. The number of piperidine rings is 1. The second-order valence-electron chi connectivity index (χ2n) is 3.70. The van der Waals surface area contributed by atoms with Gasteiger partial charge in [-0.3, -0.25) is 0 Å². The molecule has 1 N–H and O–H groups in total. The Morgan fingerprint density at radius 3 is 2.33 bits per heavy atom.